The molecule has 3 rings (SSSR count). The van der Waals surface area contributed by atoms with Gasteiger partial charge in [-0.1, -0.05) is 24.4 Å². The molecule has 3 atom stereocenters. The summed E-state index contributed by atoms with van der Waals surface area (Å²) < 4.78 is 0. The number of halogens is 1. The third-order valence-corrected chi connectivity index (χ3v) is 5.38. The lowest BCUT2D eigenvalue weighted by molar-refractivity contribution is -0.117. The zero-order chi connectivity index (χ0) is 17.3. The lowest BCUT2D eigenvalue weighted by atomic mass is 9.85. The highest BCUT2D eigenvalue weighted by molar-refractivity contribution is 6.34. The maximum absolute atomic E-state index is 12.6. The van der Waals surface area contributed by atoms with Crippen molar-refractivity contribution in [2.45, 2.75) is 44.2 Å². The molecular weight excluding hydrogens is 326 g/mol. The third kappa shape index (κ3) is 3.57. The summed E-state index contributed by atoms with van der Waals surface area (Å²) in [5, 5.41) is 6.78. The molecule has 2 N–H and O–H groups in total. The van der Waals surface area contributed by atoms with Crippen LogP contribution in [0.25, 0.3) is 0 Å². The Kier molecular flexibility index (Phi) is 5.11. The molecule has 1 aromatic carbocycles. The Morgan fingerprint density at radius 1 is 1.25 bits per heavy atom. The van der Waals surface area contributed by atoms with Gasteiger partial charge in [0.1, 0.15) is 0 Å². The fraction of sp³-hybridized carbons (Fsp3) is 0.556. The monoisotopic (exact) mass is 349 g/mol. The lowest BCUT2D eigenvalue weighted by Gasteiger charge is -2.24. The van der Waals surface area contributed by atoms with Crippen LogP contribution in [-0.2, 0) is 4.79 Å². The average Bonchev–Trinajstić information content (AvgIpc) is 3.00. The molecule has 2 aliphatic rings. The van der Waals surface area contributed by atoms with E-state index in [1.165, 1.54) is 24.2 Å². The Morgan fingerprint density at radius 3 is 2.71 bits per heavy atom. The van der Waals surface area contributed by atoms with E-state index in [-0.39, 0.29) is 17.9 Å². The topological polar surface area (TPSA) is 61.4 Å². The SMILES string of the molecule is CN(C)C(=O)c1cc(NC(=O)C2CC3CCCCC3N2)ccc1Cl. The maximum atomic E-state index is 12.6. The molecular formula is C18H24ClN3O2. The Balaban J connectivity index is 1.68. The predicted octanol–water partition coefficient (Wildman–Crippen LogP) is 2.90. The van der Waals surface area contributed by atoms with E-state index in [1.807, 2.05) is 0 Å². The van der Waals surface area contributed by atoms with Crippen molar-refractivity contribution in [1.82, 2.24) is 10.2 Å². The Morgan fingerprint density at radius 2 is 2.00 bits per heavy atom. The normalized spacial score (nSPS) is 25.9. The van der Waals surface area contributed by atoms with Crippen molar-refractivity contribution in [2.24, 2.45) is 5.92 Å². The molecule has 2 fully saturated rings. The number of rotatable bonds is 3. The first-order valence-electron chi connectivity index (χ1n) is 8.54. The summed E-state index contributed by atoms with van der Waals surface area (Å²) in [7, 11) is 3.35. The van der Waals surface area contributed by atoms with Gasteiger partial charge in [0.05, 0.1) is 16.6 Å². The van der Waals surface area contributed by atoms with Gasteiger partial charge < -0.3 is 15.5 Å². The minimum atomic E-state index is -0.180. The molecule has 1 aromatic rings. The molecule has 1 saturated carbocycles. The third-order valence-electron chi connectivity index (χ3n) is 5.05. The van der Waals surface area contributed by atoms with Gasteiger partial charge in [0.25, 0.3) is 5.91 Å². The van der Waals surface area contributed by atoms with E-state index >= 15 is 0 Å². The van der Waals surface area contributed by atoms with Crippen molar-refractivity contribution in [3.63, 3.8) is 0 Å². The van der Waals surface area contributed by atoms with Crippen LogP contribution >= 0.6 is 11.6 Å². The van der Waals surface area contributed by atoms with Crippen molar-refractivity contribution in [2.75, 3.05) is 19.4 Å². The number of amides is 2. The van der Waals surface area contributed by atoms with Crippen LogP contribution in [0.3, 0.4) is 0 Å². The number of nitrogens with zero attached hydrogens (tertiary/aromatic N) is 1. The summed E-state index contributed by atoms with van der Waals surface area (Å²) in [6.45, 7) is 0. The van der Waals surface area contributed by atoms with E-state index in [1.54, 1.807) is 32.3 Å². The van der Waals surface area contributed by atoms with E-state index in [0.717, 1.165) is 12.8 Å². The summed E-state index contributed by atoms with van der Waals surface area (Å²) in [6, 6.07) is 5.35. The number of carbonyl (C=O) groups excluding carboxylic acids is 2. The van der Waals surface area contributed by atoms with Gasteiger partial charge in [0, 0.05) is 25.8 Å². The van der Waals surface area contributed by atoms with Gasteiger partial charge in [0.2, 0.25) is 5.91 Å². The first-order valence-corrected chi connectivity index (χ1v) is 8.91. The number of benzene rings is 1. The van der Waals surface area contributed by atoms with Crippen molar-refractivity contribution >= 4 is 29.1 Å². The molecule has 0 aromatic heterocycles. The molecule has 2 amide bonds. The van der Waals surface area contributed by atoms with E-state index in [0.29, 0.717) is 28.2 Å². The van der Waals surface area contributed by atoms with Gasteiger partial charge in [-0.05, 0) is 43.4 Å². The number of hydrogen-bond donors (Lipinski definition) is 2. The smallest absolute Gasteiger partial charge is 0.254 e. The summed E-state index contributed by atoms with van der Waals surface area (Å²) >= 11 is 6.11. The van der Waals surface area contributed by atoms with Gasteiger partial charge in [-0.3, -0.25) is 9.59 Å². The number of fused-ring (bicyclic) bond motifs is 1. The van der Waals surface area contributed by atoms with Crippen LogP contribution in [0.5, 0.6) is 0 Å². The Hall–Kier alpha value is -1.59. The number of anilines is 1. The number of hydrogen-bond acceptors (Lipinski definition) is 3. The standard InChI is InChI=1S/C18H24ClN3O2/c1-22(2)18(24)13-10-12(7-8-14(13)19)20-17(23)16-9-11-5-3-4-6-15(11)21-16/h7-8,10-11,15-16,21H,3-6,9H2,1-2H3,(H,20,23). The second-order valence-electron chi connectivity index (χ2n) is 6.99. The largest absolute Gasteiger partial charge is 0.345 e. The van der Waals surface area contributed by atoms with Crippen molar-refractivity contribution in [1.29, 1.82) is 0 Å². The van der Waals surface area contributed by atoms with Gasteiger partial charge in [-0.15, -0.1) is 0 Å². The van der Waals surface area contributed by atoms with E-state index < -0.39 is 0 Å². The first kappa shape index (κ1) is 17.2. The zero-order valence-electron chi connectivity index (χ0n) is 14.1. The first-order chi connectivity index (χ1) is 11.5. The van der Waals surface area contributed by atoms with Crippen LogP contribution in [0.15, 0.2) is 18.2 Å². The van der Waals surface area contributed by atoms with Crippen LogP contribution in [-0.4, -0.2) is 42.9 Å². The molecule has 0 spiro atoms. The van der Waals surface area contributed by atoms with Crippen LogP contribution in [0.4, 0.5) is 5.69 Å². The summed E-state index contributed by atoms with van der Waals surface area (Å²) in [5.41, 5.74) is 0.999. The number of nitrogens with one attached hydrogen (secondary N) is 2. The minimum Gasteiger partial charge on any atom is -0.345 e. The van der Waals surface area contributed by atoms with Crippen LogP contribution in [0, 0.1) is 5.92 Å². The molecule has 1 aliphatic carbocycles. The Bertz CT molecular complexity index is 633. The molecule has 1 aliphatic heterocycles. The molecule has 3 unspecified atom stereocenters. The minimum absolute atomic E-state index is 0.0324. The fourth-order valence-corrected chi connectivity index (χ4v) is 3.96. The number of carbonyl (C=O) groups is 2. The quantitative estimate of drug-likeness (QED) is 0.882. The molecule has 0 bridgehead atoms. The van der Waals surface area contributed by atoms with E-state index in [9.17, 15) is 9.59 Å². The van der Waals surface area contributed by atoms with Crippen molar-refractivity contribution in [3.05, 3.63) is 28.8 Å². The summed E-state index contributed by atoms with van der Waals surface area (Å²) in [6.07, 6.45) is 5.79. The lowest BCUT2D eigenvalue weighted by Crippen LogP contribution is -2.39. The van der Waals surface area contributed by atoms with Gasteiger partial charge in [0.15, 0.2) is 0 Å². The molecule has 1 saturated heterocycles. The molecule has 24 heavy (non-hydrogen) atoms. The molecule has 0 radical (unpaired) electrons. The second-order valence-corrected chi connectivity index (χ2v) is 7.40. The molecule has 5 nitrogen and oxygen atoms in total. The maximum Gasteiger partial charge on any atom is 0.254 e. The summed E-state index contributed by atoms with van der Waals surface area (Å²) in [4.78, 5) is 26.2. The van der Waals surface area contributed by atoms with Crippen LogP contribution in [0.2, 0.25) is 5.02 Å². The highest BCUT2D eigenvalue weighted by atomic mass is 35.5. The second kappa shape index (κ2) is 7.11. The van der Waals surface area contributed by atoms with Gasteiger partial charge in [-0.2, -0.15) is 0 Å². The molecule has 6 heteroatoms. The zero-order valence-corrected chi connectivity index (χ0v) is 14.9. The molecule has 1 heterocycles. The fourth-order valence-electron chi connectivity index (χ4n) is 3.76. The van der Waals surface area contributed by atoms with Crippen LogP contribution < -0.4 is 10.6 Å². The Labute approximate surface area is 147 Å². The predicted molar refractivity (Wildman–Crippen MR) is 95.4 cm³/mol. The van der Waals surface area contributed by atoms with Gasteiger partial charge in [-0.25, -0.2) is 0 Å². The highest BCUT2D eigenvalue weighted by Crippen LogP contribution is 2.33. The van der Waals surface area contributed by atoms with Crippen molar-refractivity contribution in [3.8, 4) is 0 Å². The molecule has 130 valence electrons. The average molecular weight is 350 g/mol. The van der Waals surface area contributed by atoms with E-state index in [4.69, 9.17) is 11.6 Å². The summed E-state index contributed by atoms with van der Waals surface area (Å²) in [5.74, 6) is 0.404. The van der Waals surface area contributed by atoms with Crippen molar-refractivity contribution < 1.29 is 9.59 Å². The highest BCUT2D eigenvalue weighted by Gasteiger charge is 2.38. The van der Waals surface area contributed by atoms with Gasteiger partial charge >= 0.3 is 0 Å². The van der Waals surface area contributed by atoms with Crippen LogP contribution in [0.1, 0.15) is 42.5 Å². The van der Waals surface area contributed by atoms with E-state index in [2.05, 4.69) is 10.6 Å².